The van der Waals surface area contributed by atoms with Crippen molar-refractivity contribution in [2.45, 2.75) is 26.2 Å². The molecule has 0 unspecified atom stereocenters. The Morgan fingerprint density at radius 3 is 2.67 bits per heavy atom. The summed E-state index contributed by atoms with van der Waals surface area (Å²) in [5, 5.41) is 5.73. The fraction of sp³-hybridized carbons (Fsp3) is 0.400. The highest BCUT2D eigenvalue weighted by Gasteiger charge is 2.19. The van der Waals surface area contributed by atoms with Crippen LogP contribution in [0.25, 0.3) is 0 Å². The van der Waals surface area contributed by atoms with Crippen LogP contribution in [-0.2, 0) is 4.79 Å². The van der Waals surface area contributed by atoms with Gasteiger partial charge in [0, 0.05) is 30.8 Å². The summed E-state index contributed by atoms with van der Waals surface area (Å²) in [5.41, 5.74) is 1.33. The van der Waals surface area contributed by atoms with Gasteiger partial charge in [0.15, 0.2) is 5.11 Å². The third-order valence-electron chi connectivity index (χ3n) is 3.33. The third-order valence-corrected chi connectivity index (χ3v) is 3.54. The number of nitrogens with one attached hydrogen (secondary N) is 2. The molecule has 0 atom stereocenters. The largest absolute Gasteiger partial charge is 0.339 e. The summed E-state index contributed by atoms with van der Waals surface area (Å²) in [6, 6.07) is 7.16. The fourth-order valence-electron chi connectivity index (χ4n) is 2.21. The number of hydrogen-bond acceptors (Lipinski definition) is 3. The van der Waals surface area contributed by atoms with E-state index in [-0.39, 0.29) is 16.9 Å². The predicted octanol–water partition coefficient (Wildman–Crippen LogP) is 2.15. The average molecular weight is 305 g/mol. The molecule has 0 aliphatic carbocycles. The van der Waals surface area contributed by atoms with E-state index in [1.54, 1.807) is 25.1 Å². The molecule has 112 valence electrons. The summed E-state index contributed by atoms with van der Waals surface area (Å²) in [7, 11) is 0. The van der Waals surface area contributed by atoms with Crippen molar-refractivity contribution in [1.29, 1.82) is 0 Å². The zero-order chi connectivity index (χ0) is 15.2. The van der Waals surface area contributed by atoms with E-state index in [4.69, 9.17) is 12.2 Å². The van der Waals surface area contributed by atoms with Crippen molar-refractivity contribution in [3.8, 4) is 0 Å². The third kappa shape index (κ3) is 4.26. The van der Waals surface area contributed by atoms with Crippen molar-refractivity contribution in [3.63, 3.8) is 0 Å². The molecular formula is C15H19N3O2S. The zero-order valence-corrected chi connectivity index (χ0v) is 12.8. The van der Waals surface area contributed by atoms with Crippen LogP contribution in [0, 0.1) is 0 Å². The molecule has 1 saturated heterocycles. The number of carbonyl (C=O) groups is 2. The molecule has 1 aromatic rings. The highest BCUT2D eigenvalue weighted by molar-refractivity contribution is 7.80. The number of thiocarbonyl (C=S) groups is 1. The maximum atomic E-state index is 12.3. The van der Waals surface area contributed by atoms with Gasteiger partial charge in [-0.1, -0.05) is 13.0 Å². The van der Waals surface area contributed by atoms with E-state index in [0.29, 0.717) is 17.7 Å². The van der Waals surface area contributed by atoms with E-state index in [0.717, 1.165) is 25.9 Å². The van der Waals surface area contributed by atoms with Crippen LogP contribution in [0.5, 0.6) is 0 Å². The molecule has 1 heterocycles. The minimum absolute atomic E-state index is 0.0414. The molecule has 2 N–H and O–H groups in total. The van der Waals surface area contributed by atoms with Crippen LogP contribution in [0.4, 0.5) is 5.69 Å². The highest BCUT2D eigenvalue weighted by Crippen LogP contribution is 2.16. The van der Waals surface area contributed by atoms with Crippen LogP contribution in [0.2, 0.25) is 0 Å². The maximum Gasteiger partial charge on any atom is 0.253 e. The van der Waals surface area contributed by atoms with E-state index < -0.39 is 0 Å². The first kappa shape index (κ1) is 15.4. The molecule has 0 spiro atoms. The van der Waals surface area contributed by atoms with Crippen molar-refractivity contribution in [3.05, 3.63) is 29.8 Å². The van der Waals surface area contributed by atoms with Gasteiger partial charge in [0.2, 0.25) is 5.91 Å². The van der Waals surface area contributed by atoms with Gasteiger partial charge in [-0.15, -0.1) is 0 Å². The first-order valence-electron chi connectivity index (χ1n) is 7.10. The molecule has 1 aliphatic heterocycles. The molecule has 0 radical (unpaired) electrons. The van der Waals surface area contributed by atoms with Crippen LogP contribution < -0.4 is 10.6 Å². The molecule has 0 aromatic heterocycles. The first-order valence-corrected chi connectivity index (χ1v) is 7.51. The van der Waals surface area contributed by atoms with Gasteiger partial charge < -0.3 is 15.5 Å². The molecule has 0 bridgehead atoms. The van der Waals surface area contributed by atoms with Crippen molar-refractivity contribution in [1.82, 2.24) is 10.2 Å². The number of likely N-dealkylation sites (tertiary alicyclic amines) is 1. The van der Waals surface area contributed by atoms with Gasteiger partial charge in [-0.3, -0.25) is 9.59 Å². The monoisotopic (exact) mass is 305 g/mol. The molecule has 1 fully saturated rings. The summed E-state index contributed by atoms with van der Waals surface area (Å²) in [6.45, 7) is 3.40. The lowest BCUT2D eigenvalue weighted by atomic mass is 10.2. The average Bonchev–Trinajstić information content (AvgIpc) is 3.00. The molecule has 21 heavy (non-hydrogen) atoms. The standard InChI is InChI=1S/C15H19N3O2S/c1-2-13(19)17-15(21)16-12-7-5-6-11(10-12)14(20)18-8-3-4-9-18/h5-7,10H,2-4,8-9H2,1H3,(H2,16,17,19,21). The Hall–Kier alpha value is -1.95. The van der Waals surface area contributed by atoms with Crippen LogP contribution in [0.15, 0.2) is 24.3 Å². The lowest BCUT2D eigenvalue weighted by Crippen LogP contribution is -2.33. The van der Waals surface area contributed by atoms with E-state index >= 15 is 0 Å². The van der Waals surface area contributed by atoms with Crippen molar-refractivity contribution < 1.29 is 9.59 Å². The van der Waals surface area contributed by atoms with Crippen molar-refractivity contribution >= 4 is 34.8 Å². The summed E-state index contributed by atoms with van der Waals surface area (Å²) in [4.78, 5) is 25.4. The Labute approximate surface area is 129 Å². The number of benzene rings is 1. The Morgan fingerprint density at radius 1 is 1.29 bits per heavy atom. The second-order valence-corrected chi connectivity index (χ2v) is 5.34. The maximum absolute atomic E-state index is 12.3. The van der Waals surface area contributed by atoms with Gasteiger partial charge in [-0.2, -0.15) is 0 Å². The Bertz CT molecular complexity index is 554. The smallest absolute Gasteiger partial charge is 0.253 e. The summed E-state index contributed by atoms with van der Waals surface area (Å²) in [5.74, 6) is -0.101. The summed E-state index contributed by atoms with van der Waals surface area (Å²) >= 11 is 5.06. The van der Waals surface area contributed by atoms with E-state index in [2.05, 4.69) is 10.6 Å². The van der Waals surface area contributed by atoms with Gasteiger partial charge in [0.25, 0.3) is 5.91 Å². The lowest BCUT2D eigenvalue weighted by molar-refractivity contribution is -0.119. The Balaban J connectivity index is 2.02. The number of amides is 2. The molecule has 0 saturated carbocycles. The van der Waals surface area contributed by atoms with Crippen molar-refractivity contribution in [2.24, 2.45) is 0 Å². The fourth-order valence-corrected chi connectivity index (χ4v) is 2.44. The number of anilines is 1. The van der Waals surface area contributed by atoms with Gasteiger partial charge in [0.05, 0.1) is 0 Å². The van der Waals surface area contributed by atoms with E-state index in [9.17, 15) is 9.59 Å². The van der Waals surface area contributed by atoms with E-state index in [1.807, 2.05) is 11.0 Å². The minimum Gasteiger partial charge on any atom is -0.339 e. The van der Waals surface area contributed by atoms with Gasteiger partial charge in [-0.05, 0) is 43.3 Å². The number of carbonyl (C=O) groups excluding carboxylic acids is 2. The first-order chi connectivity index (χ1) is 10.1. The second-order valence-electron chi connectivity index (χ2n) is 4.94. The molecule has 2 rings (SSSR count). The van der Waals surface area contributed by atoms with Crippen LogP contribution in [0.1, 0.15) is 36.5 Å². The highest BCUT2D eigenvalue weighted by atomic mass is 32.1. The van der Waals surface area contributed by atoms with Crippen molar-refractivity contribution in [2.75, 3.05) is 18.4 Å². The number of hydrogen-bond donors (Lipinski definition) is 2. The molecule has 1 aliphatic rings. The number of rotatable bonds is 3. The van der Waals surface area contributed by atoms with Gasteiger partial charge >= 0.3 is 0 Å². The molecule has 5 nitrogen and oxygen atoms in total. The Kier molecular flexibility index (Phi) is 5.27. The molecular weight excluding hydrogens is 286 g/mol. The van der Waals surface area contributed by atoms with Crippen LogP contribution in [0.3, 0.4) is 0 Å². The number of nitrogens with zero attached hydrogens (tertiary/aromatic N) is 1. The second kappa shape index (κ2) is 7.17. The SMILES string of the molecule is CCC(=O)NC(=S)Nc1cccc(C(=O)N2CCCC2)c1. The quantitative estimate of drug-likeness (QED) is 0.840. The van der Waals surface area contributed by atoms with Gasteiger partial charge in [-0.25, -0.2) is 0 Å². The zero-order valence-electron chi connectivity index (χ0n) is 12.0. The molecule has 1 aromatic carbocycles. The van der Waals surface area contributed by atoms with Crippen LogP contribution >= 0.6 is 12.2 Å². The van der Waals surface area contributed by atoms with E-state index in [1.165, 1.54) is 0 Å². The topological polar surface area (TPSA) is 61.4 Å². The molecule has 2 amide bonds. The lowest BCUT2D eigenvalue weighted by Gasteiger charge is -2.16. The Morgan fingerprint density at radius 2 is 2.00 bits per heavy atom. The summed E-state index contributed by atoms with van der Waals surface area (Å²) < 4.78 is 0. The van der Waals surface area contributed by atoms with Gasteiger partial charge in [0.1, 0.15) is 0 Å². The minimum atomic E-state index is -0.142. The predicted molar refractivity (Wildman–Crippen MR) is 86.2 cm³/mol. The molecule has 6 heteroatoms. The summed E-state index contributed by atoms with van der Waals surface area (Å²) in [6.07, 6.45) is 2.50. The van der Waals surface area contributed by atoms with Crippen LogP contribution in [-0.4, -0.2) is 34.9 Å². The normalized spacial score (nSPS) is 13.9.